The molecule has 1 N–H and O–H groups in total. The summed E-state index contributed by atoms with van der Waals surface area (Å²) in [6, 6.07) is 13.5. The molecule has 3 rings (SSSR count). The highest BCUT2D eigenvalue weighted by molar-refractivity contribution is 5.90. The number of aromatic nitrogens is 2. The van der Waals surface area contributed by atoms with Crippen molar-refractivity contribution >= 4 is 17.5 Å². The number of hydrogen-bond acceptors (Lipinski definition) is 4. The molecule has 0 aliphatic carbocycles. The Balaban J connectivity index is 1.51. The van der Waals surface area contributed by atoms with E-state index in [1.54, 1.807) is 22.9 Å². The minimum atomic E-state index is -0.621. The van der Waals surface area contributed by atoms with Gasteiger partial charge < -0.3 is 14.5 Å². The van der Waals surface area contributed by atoms with Crippen molar-refractivity contribution in [2.75, 3.05) is 6.61 Å². The van der Waals surface area contributed by atoms with E-state index < -0.39 is 5.97 Å². The zero-order valence-electron chi connectivity index (χ0n) is 16.4. The quantitative estimate of drug-likeness (QED) is 0.637. The number of amides is 1. The van der Waals surface area contributed by atoms with Crippen LogP contribution in [0.3, 0.4) is 0 Å². The highest BCUT2D eigenvalue weighted by Gasteiger charge is 2.15. The van der Waals surface area contributed by atoms with E-state index in [0.29, 0.717) is 11.6 Å². The van der Waals surface area contributed by atoms with E-state index in [2.05, 4.69) is 36.3 Å². The number of hydrogen-bond donors (Lipinski definition) is 1. The summed E-state index contributed by atoms with van der Waals surface area (Å²) >= 11 is 0. The molecule has 2 heterocycles. The van der Waals surface area contributed by atoms with Crippen molar-refractivity contribution in [3.63, 3.8) is 0 Å². The first kappa shape index (κ1) is 19.6. The molecule has 1 atom stereocenters. The number of rotatable bonds is 7. The Morgan fingerprint density at radius 1 is 1.11 bits per heavy atom. The van der Waals surface area contributed by atoms with Crippen molar-refractivity contribution < 1.29 is 14.3 Å². The van der Waals surface area contributed by atoms with E-state index in [4.69, 9.17) is 4.74 Å². The van der Waals surface area contributed by atoms with Gasteiger partial charge in [0.25, 0.3) is 5.91 Å². The number of pyridine rings is 1. The van der Waals surface area contributed by atoms with Crippen LogP contribution >= 0.6 is 0 Å². The number of nitrogens with one attached hydrogen (secondary N) is 1. The van der Waals surface area contributed by atoms with Crippen LogP contribution in [0.5, 0.6) is 0 Å². The SMILES string of the molecule is CC(C)Cc1ccc([C@@H](C)NC(=O)COC(=O)c2cn3ccccc3n2)cc1. The van der Waals surface area contributed by atoms with Gasteiger partial charge in [-0.05, 0) is 42.5 Å². The molecule has 1 aromatic carbocycles. The van der Waals surface area contributed by atoms with Gasteiger partial charge in [0.1, 0.15) is 5.65 Å². The van der Waals surface area contributed by atoms with E-state index >= 15 is 0 Å². The summed E-state index contributed by atoms with van der Waals surface area (Å²) in [5.41, 5.74) is 3.10. The van der Waals surface area contributed by atoms with Crippen molar-refractivity contribution in [2.45, 2.75) is 33.2 Å². The van der Waals surface area contributed by atoms with Crippen LogP contribution in [0.2, 0.25) is 0 Å². The Bertz CT molecular complexity index is 928. The molecule has 0 spiro atoms. The van der Waals surface area contributed by atoms with Crippen molar-refractivity contribution in [3.8, 4) is 0 Å². The number of carbonyl (C=O) groups excluding carboxylic acids is 2. The van der Waals surface area contributed by atoms with Crippen LogP contribution < -0.4 is 5.32 Å². The number of imidazole rings is 1. The molecule has 146 valence electrons. The number of esters is 1. The molecule has 6 nitrogen and oxygen atoms in total. The molecule has 0 saturated carbocycles. The summed E-state index contributed by atoms with van der Waals surface area (Å²) in [6.07, 6.45) is 4.40. The number of ether oxygens (including phenoxy) is 1. The molecule has 0 aliphatic heterocycles. The first-order chi connectivity index (χ1) is 13.4. The zero-order chi connectivity index (χ0) is 20.1. The van der Waals surface area contributed by atoms with Crippen molar-refractivity contribution in [3.05, 3.63) is 71.7 Å². The van der Waals surface area contributed by atoms with Gasteiger partial charge in [-0.3, -0.25) is 4.79 Å². The predicted octanol–water partition coefficient (Wildman–Crippen LogP) is 3.57. The predicted molar refractivity (Wildman–Crippen MR) is 107 cm³/mol. The van der Waals surface area contributed by atoms with Gasteiger partial charge in [0.15, 0.2) is 12.3 Å². The fourth-order valence-electron chi connectivity index (χ4n) is 3.02. The van der Waals surface area contributed by atoms with Crippen molar-refractivity contribution in [2.24, 2.45) is 5.92 Å². The third-order valence-corrected chi connectivity index (χ3v) is 4.41. The Morgan fingerprint density at radius 2 is 1.86 bits per heavy atom. The van der Waals surface area contributed by atoms with Crippen molar-refractivity contribution in [1.82, 2.24) is 14.7 Å². The third kappa shape index (κ3) is 4.97. The highest BCUT2D eigenvalue weighted by atomic mass is 16.5. The highest BCUT2D eigenvalue weighted by Crippen LogP contribution is 2.15. The monoisotopic (exact) mass is 379 g/mol. The van der Waals surface area contributed by atoms with Crippen LogP contribution in [-0.4, -0.2) is 27.9 Å². The van der Waals surface area contributed by atoms with Gasteiger partial charge in [-0.2, -0.15) is 0 Å². The molecule has 0 radical (unpaired) electrons. The smallest absolute Gasteiger partial charge is 0.359 e. The minimum Gasteiger partial charge on any atom is -0.451 e. The Kier molecular flexibility index (Phi) is 6.09. The van der Waals surface area contributed by atoms with Crippen LogP contribution in [0, 0.1) is 5.92 Å². The topological polar surface area (TPSA) is 72.7 Å². The zero-order valence-corrected chi connectivity index (χ0v) is 16.4. The second kappa shape index (κ2) is 8.69. The van der Waals surface area contributed by atoms with Crippen LogP contribution in [-0.2, 0) is 16.0 Å². The number of carbonyl (C=O) groups is 2. The first-order valence-electron chi connectivity index (χ1n) is 9.41. The summed E-state index contributed by atoms with van der Waals surface area (Å²) in [5.74, 6) is -0.369. The molecule has 0 saturated heterocycles. The van der Waals surface area contributed by atoms with Crippen molar-refractivity contribution in [1.29, 1.82) is 0 Å². The second-order valence-electron chi connectivity index (χ2n) is 7.30. The lowest BCUT2D eigenvalue weighted by Gasteiger charge is -2.15. The minimum absolute atomic E-state index is 0.172. The van der Waals surface area contributed by atoms with Crippen LogP contribution in [0.1, 0.15) is 48.4 Å². The fourth-order valence-corrected chi connectivity index (χ4v) is 3.02. The largest absolute Gasteiger partial charge is 0.451 e. The summed E-state index contributed by atoms with van der Waals surface area (Å²) in [6.45, 7) is 5.93. The first-order valence-corrected chi connectivity index (χ1v) is 9.41. The van der Waals surface area contributed by atoms with Gasteiger partial charge in [0.05, 0.1) is 6.04 Å². The Hall–Kier alpha value is -3.15. The number of benzene rings is 1. The summed E-state index contributed by atoms with van der Waals surface area (Å²) in [5, 5.41) is 2.85. The lowest BCUT2D eigenvalue weighted by Crippen LogP contribution is -2.31. The van der Waals surface area contributed by atoms with Gasteiger partial charge in [-0.15, -0.1) is 0 Å². The van der Waals surface area contributed by atoms with Crippen LogP contribution in [0.25, 0.3) is 5.65 Å². The maximum absolute atomic E-state index is 12.1. The van der Waals surface area contributed by atoms with E-state index in [1.807, 2.05) is 31.2 Å². The molecule has 28 heavy (non-hydrogen) atoms. The average molecular weight is 379 g/mol. The normalized spacial score (nSPS) is 12.1. The summed E-state index contributed by atoms with van der Waals surface area (Å²) in [4.78, 5) is 28.4. The van der Waals surface area contributed by atoms with Gasteiger partial charge in [0, 0.05) is 12.4 Å². The van der Waals surface area contributed by atoms with E-state index in [0.717, 1.165) is 12.0 Å². The van der Waals surface area contributed by atoms with Crippen LogP contribution in [0.4, 0.5) is 0 Å². The standard InChI is InChI=1S/C22H25N3O3/c1-15(2)12-17-7-9-18(10-8-17)16(3)23-21(26)14-28-22(27)19-13-25-11-5-4-6-20(25)24-19/h4-11,13,15-16H,12,14H2,1-3H3,(H,23,26)/t16-/m1/s1. The van der Waals surface area contributed by atoms with Gasteiger partial charge in [-0.1, -0.05) is 44.2 Å². The fraction of sp³-hybridized carbons (Fsp3) is 0.318. The Morgan fingerprint density at radius 3 is 2.54 bits per heavy atom. The van der Waals surface area contributed by atoms with Gasteiger partial charge >= 0.3 is 5.97 Å². The van der Waals surface area contributed by atoms with Crippen LogP contribution in [0.15, 0.2) is 54.9 Å². The molecule has 6 heteroatoms. The van der Waals surface area contributed by atoms with E-state index in [1.165, 1.54) is 5.56 Å². The molecule has 0 fully saturated rings. The molecular weight excluding hydrogens is 354 g/mol. The molecule has 3 aromatic rings. The lowest BCUT2D eigenvalue weighted by atomic mass is 10.00. The molecule has 1 amide bonds. The maximum Gasteiger partial charge on any atom is 0.359 e. The van der Waals surface area contributed by atoms with Gasteiger partial charge in [-0.25, -0.2) is 9.78 Å². The Labute approximate surface area is 164 Å². The molecule has 0 bridgehead atoms. The second-order valence-corrected chi connectivity index (χ2v) is 7.30. The number of nitrogens with zero attached hydrogens (tertiary/aromatic N) is 2. The number of fused-ring (bicyclic) bond motifs is 1. The van der Waals surface area contributed by atoms with E-state index in [9.17, 15) is 9.59 Å². The summed E-state index contributed by atoms with van der Waals surface area (Å²) < 4.78 is 6.82. The molecule has 0 aliphatic rings. The maximum atomic E-state index is 12.1. The third-order valence-electron chi connectivity index (χ3n) is 4.41. The molecular formula is C22H25N3O3. The molecule has 0 unspecified atom stereocenters. The van der Waals surface area contributed by atoms with Gasteiger partial charge in [0.2, 0.25) is 0 Å². The van der Waals surface area contributed by atoms with E-state index in [-0.39, 0.29) is 24.2 Å². The summed E-state index contributed by atoms with van der Waals surface area (Å²) in [7, 11) is 0. The average Bonchev–Trinajstić information content (AvgIpc) is 3.10. The molecule has 2 aromatic heterocycles. The lowest BCUT2D eigenvalue weighted by molar-refractivity contribution is -0.124.